The number of urea groups is 1. The maximum atomic E-state index is 11.9. The number of benzene rings is 1. The van der Waals surface area contributed by atoms with Gasteiger partial charge in [0.1, 0.15) is 4.88 Å². The Kier molecular flexibility index (Phi) is 4.77. The average molecular weight is 364 g/mol. The summed E-state index contributed by atoms with van der Waals surface area (Å²) in [5, 5.41) is 14.5. The highest BCUT2D eigenvalue weighted by Crippen LogP contribution is 2.29. The van der Waals surface area contributed by atoms with Crippen molar-refractivity contribution in [1.29, 1.82) is 0 Å². The summed E-state index contributed by atoms with van der Waals surface area (Å²) >= 11 is 7.28. The number of carbonyl (C=O) groups is 1. The van der Waals surface area contributed by atoms with E-state index < -0.39 is 6.03 Å². The molecule has 0 aliphatic heterocycles. The van der Waals surface area contributed by atoms with Crippen LogP contribution in [0.1, 0.15) is 16.3 Å². The van der Waals surface area contributed by atoms with E-state index in [4.69, 9.17) is 16.0 Å². The third-order valence-electron chi connectivity index (χ3n) is 3.11. The second kappa shape index (κ2) is 6.98. The number of hydrogen-bond acceptors (Lipinski definition) is 6. The summed E-state index contributed by atoms with van der Waals surface area (Å²) in [4.78, 5) is 17.0. The Morgan fingerprint density at radius 3 is 2.67 bits per heavy atom. The predicted molar refractivity (Wildman–Crippen MR) is 92.2 cm³/mol. The number of nitrogens with zero attached hydrogens (tertiary/aromatic N) is 3. The molecule has 2 amide bonds. The van der Waals surface area contributed by atoms with Gasteiger partial charge in [-0.25, -0.2) is 9.78 Å². The molecule has 1 aromatic carbocycles. The number of rotatable bonds is 4. The Bertz CT molecular complexity index is 859. The summed E-state index contributed by atoms with van der Waals surface area (Å²) in [7, 11) is 0. The van der Waals surface area contributed by atoms with Crippen LogP contribution in [-0.2, 0) is 6.54 Å². The number of halogens is 1. The van der Waals surface area contributed by atoms with E-state index in [1.807, 2.05) is 26.0 Å². The van der Waals surface area contributed by atoms with Crippen molar-refractivity contribution in [1.82, 2.24) is 20.5 Å². The summed E-state index contributed by atoms with van der Waals surface area (Å²) in [5.41, 5.74) is 1.75. The van der Waals surface area contributed by atoms with Crippen LogP contribution in [0.5, 0.6) is 0 Å². The molecule has 0 aliphatic rings. The van der Waals surface area contributed by atoms with Crippen LogP contribution in [0, 0.1) is 13.8 Å². The maximum absolute atomic E-state index is 11.9. The van der Waals surface area contributed by atoms with Crippen LogP contribution in [0.15, 0.2) is 28.7 Å². The summed E-state index contributed by atoms with van der Waals surface area (Å²) in [5.74, 6) is 0.339. The van der Waals surface area contributed by atoms with E-state index in [1.54, 1.807) is 12.1 Å². The fourth-order valence-corrected chi connectivity index (χ4v) is 2.99. The minimum absolute atomic E-state index is 0.0315. The molecule has 0 radical (unpaired) electrons. The molecule has 2 heterocycles. The van der Waals surface area contributed by atoms with E-state index in [0.717, 1.165) is 21.1 Å². The molecule has 3 aromatic rings. The molecule has 24 heavy (non-hydrogen) atoms. The molecule has 7 nitrogen and oxygen atoms in total. The molecule has 0 atom stereocenters. The first-order chi connectivity index (χ1) is 11.5. The minimum atomic E-state index is -0.433. The number of carbonyl (C=O) groups excluding carboxylic acids is 1. The molecular weight excluding hydrogens is 350 g/mol. The molecule has 0 aliphatic carbocycles. The first-order valence-electron chi connectivity index (χ1n) is 7.08. The maximum Gasteiger partial charge on any atom is 0.324 e. The molecule has 0 bridgehead atoms. The van der Waals surface area contributed by atoms with Crippen LogP contribution in [0.2, 0.25) is 5.02 Å². The minimum Gasteiger partial charge on any atom is -0.402 e. The number of hydrogen-bond donors (Lipinski definition) is 2. The number of amides is 2. The Morgan fingerprint density at radius 1 is 1.25 bits per heavy atom. The topological polar surface area (TPSA) is 92.9 Å². The molecule has 0 spiro atoms. The van der Waals surface area contributed by atoms with Crippen LogP contribution in [-0.4, -0.2) is 21.2 Å². The molecule has 2 aromatic heterocycles. The molecule has 0 fully saturated rings. The monoisotopic (exact) mass is 363 g/mol. The summed E-state index contributed by atoms with van der Waals surface area (Å²) in [6, 6.07) is 6.80. The highest BCUT2D eigenvalue weighted by molar-refractivity contribution is 7.15. The highest BCUT2D eigenvalue weighted by Gasteiger charge is 2.16. The van der Waals surface area contributed by atoms with E-state index in [0.29, 0.717) is 17.5 Å². The summed E-state index contributed by atoms with van der Waals surface area (Å²) in [6.07, 6.45) is 0. The largest absolute Gasteiger partial charge is 0.402 e. The second-order valence-electron chi connectivity index (χ2n) is 4.99. The van der Waals surface area contributed by atoms with Crippen LogP contribution < -0.4 is 10.6 Å². The van der Waals surface area contributed by atoms with E-state index in [1.165, 1.54) is 11.3 Å². The first-order valence-corrected chi connectivity index (χ1v) is 8.28. The third-order valence-corrected chi connectivity index (χ3v) is 4.42. The molecular formula is C15H14ClN5O2S. The Morgan fingerprint density at radius 2 is 2.00 bits per heavy atom. The Labute approximate surface area is 147 Å². The van der Waals surface area contributed by atoms with Crippen molar-refractivity contribution in [3.05, 3.63) is 45.6 Å². The fourth-order valence-electron chi connectivity index (χ4n) is 2.02. The van der Waals surface area contributed by atoms with Gasteiger partial charge in [0.15, 0.2) is 0 Å². The average Bonchev–Trinajstić information content (AvgIpc) is 3.12. The van der Waals surface area contributed by atoms with Gasteiger partial charge in [0.25, 0.3) is 5.89 Å². The lowest BCUT2D eigenvalue weighted by Crippen LogP contribution is -2.28. The van der Waals surface area contributed by atoms with E-state index in [9.17, 15) is 4.79 Å². The van der Waals surface area contributed by atoms with Gasteiger partial charge in [-0.05, 0) is 31.5 Å². The number of aromatic nitrogens is 3. The lowest BCUT2D eigenvalue weighted by molar-refractivity contribution is 0.251. The van der Waals surface area contributed by atoms with Crippen molar-refractivity contribution in [2.75, 3.05) is 5.32 Å². The molecule has 0 saturated carbocycles. The van der Waals surface area contributed by atoms with Crippen molar-refractivity contribution < 1.29 is 9.21 Å². The molecule has 0 unspecified atom stereocenters. The lowest BCUT2D eigenvalue weighted by Gasteiger charge is -2.04. The van der Waals surface area contributed by atoms with Crippen LogP contribution in [0.3, 0.4) is 0 Å². The zero-order chi connectivity index (χ0) is 17.1. The van der Waals surface area contributed by atoms with Crippen molar-refractivity contribution in [3.63, 3.8) is 0 Å². The van der Waals surface area contributed by atoms with Gasteiger partial charge in [-0.1, -0.05) is 28.8 Å². The Hall–Kier alpha value is -2.45. The highest BCUT2D eigenvalue weighted by atomic mass is 35.5. The zero-order valence-corrected chi connectivity index (χ0v) is 14.5. The van der Waals surface area contributed by atoms with Gasteiger partial charge in [0.05, 0.1) is 10.7 Å². The zero-order valence-electron chi connectivity index (χ0n) is 13.0. The normalized spacial score (nSPS) is 10.6. The standard InChI is InChI=1S/C15H14ClN5O2S/c1-8-12(24-9(2)18-8)13-20-21-15(23-13)19-14(22)17-7-10-3-5-11(16)6-4-10/h3-6H,7H2,1-2H3,(H2,17,19,21,22). The summed E-state index contributed by atoms with van der Waals surface area (Å²) < 4.78 is 5.46. The van der Waals surface area contributed by atoms with Crippen LogP contribution >= 0.6 is 22.9 Å². The van der Waals surface area contributed by atoms with Crippen LogP contribution in [0.4, 0.5) is 10.8 Å². The van der Waals surface area contributed by atoms with Gasteiger partial charge in [-0.15, -0.1) is 16.4 Å². The van der Waals surface area contributed by atoms with Gasteiger partial charge < -0.3 is 9.73 Å². The van der Waals surface area contributed by atoms with Gasteiger partial charge in [0, 0.05) is 11.6 Å². The van der Waals surface area contributed by atoms with E-state index >= 15 is 0 Å². The van der Waals surface area contributed by atoms with E-state index in [-0.39, 0.29) is 6.01 Å². The van der Waals surface area contributed by atoms with E-state index in [2.05, 4.69) is 25.8 Å². The number of thiazole rings is 1. The second-order valence-corrected chi connectivity index (χ2v) is 6.63. The Balaban J connectivity index is 1.59. The molecule has 124 valence electrons. The number of nitrogens with one attached hydrogen (secondary N) is 2. The van der Waals surface area contributed by atoms with Gasteiger partial charge >= 0.3 is 12.0 Å². The van der Waals surface area contributed by atoms with Gasteiger partial charge in [-0.2, -0.15) is 0 Å². The van der Waals surface area contributed by atoms with Crippen molar-refractivity contribution in [2.24, 2.45) is 0 Å². The van der Waals surface area contributed by atoms with Gasteiger partial charge in [-0.3, -0.25) is 5.32 Å². The lowest BCUT2D eigenvalue weighted by atomic mass is 10.2. The summed E-state index contributed by atoms with van der Waals surface area (Å²) in [6.45, 7) is 4.13. The molecule has 3 rings (SSSR count). The fraction of sp³-hybridized carbons (Fsp3) is 0.200. The molecule has 9 heteroatoms. The number of anilines is 1. The SMILES string of the molecule is Cc1nc(C)c(-c2nnc(NC(=O)NCc3ccc(Cl)cc3)o2)s1. The quantitative estimate of drug-likeness (QED) is 0.735. The smallest absolute Gasteiger partial charge is 0.324 e. The predicted octanol–water partition coefficient (Wildman–Crippen LogP) is 3.79. The molecule has 2 N–H and O–H groups in total. The first kappa shape index (κ1) is 16.4. The van der Waals surface area contributed by atoms with Crippen molar-refractivity contribution in [2.45, 2.75) is 20.4 Å². The molecule has 0 saturated heterocycles. The third kappa shape index (κ3) is 3.90. The van der Waals surface area contributed by atoms with Gasteiger partial charge in [0.2, 0.25) is 0 Å². The van der Waals surface area contributed by atoms with Crippen molar-refractivity contribution in [3.8, 4) is 10.8 Å². The van der Waals surface area contributed by atoms with Crippen molar-refractivity contribution >= 4 is 35.0 Å². The number of aryl methyl sites for hydroxylation is 2. The van der Waals surface area contributed by atoms with Crippen LogP contribution in [0.25, 0.3) is 10.8 Å².